The third-order valence-corrected chi connectivity index (χ3v) is 3.14. The number of benzene rings is 2. The SMILES string of the molecule is Cc1cccc(-c2nnc(COC(=O)c3ccc(F)cc3)o2)c1. The van der Waals surface area contributed by atoms with E-state index in [-0.39, 0.29) is 18.1 Å². The van der Waals surface area contributed by atoms with Gasteiger partial charge in [0.1, 0.15) is 5.82 Å². The minimum absolute atomic E-state index is 0.144. The van der Waals surface area contributed by atoms with Crippen molar-refractivity contribution in [3.63, 3.8) is 0 Å². The molecular weight excluding hydrogens is 299 g/mol. The van der Waals surface area contributed by atoms with Crippen molar-refractivity contribution >= 4 is 5.97 Å². The lowest BCUT2D eigenvalue weighted by Crippen LogP contribution is -2.05. The van der Waals surface area contributed by atoms with Crippen molar-refractivity contribution in [3.05, 3.63) is 71.4 Å². The molecule has 0 unspecified atom stereocenters. The van der Waals surface area contributed by atoms with Gasteiger partial charge in [0.25, 0.3) is 5.89 Å². The normalized spacial score (nSPS) is 10.5. The maximum absolute atomic E-state index is 12.8. The quantitative estimate of drug-likeness (QED) is 0.689. The first-order valence-corrected chi connectivity index (χ1v) is 6.94. The van der Waals surface area contributed by atoms with Gasteiger partial charge in [-0.2, -0.15) is 0 Å². The van der Waals surface area contributed by atoms with Crippen molar-refractivity contribution < 1.29 is 18.3 Å². The molecule has 3 aromatic rings. The number of esters is 1. The Morgan fingerprint density at radius 3 is 2.70 bits per heavy atom. The molecule has 0 fully saturated rings. The topological polar surface area (TPSA) is 65.2 Å². The van der Waals surface area contributed by atoms with Gasteiger partial charge in [-0.3, -0.25) is 0 Å². The molecule has 3 rings (SSSR count). The van der Waals surface area contributed by atoms with Gasteiger partial charge >= 0.3 is 5.97 Å². The van der Waals surface area contributed by atoms with E-state index < -0.39 is 11.8 Å². The Morgan fingerprint density at radius 2 is 1.96 bits per heavy atom. The van der Waals surface area contributed by atoms with Gasteiger partial charge in [-0.15, -0.1) is 10.2 Å². The molecule has 5 nitrogen and oxygen atoms in total. The lowest BCUT2D eigenvalue weighted by molar-refractivity contribution is 0.0438. The molecule has 0 atom stereocenters. The molecule has 1 heterocycles. The van der Waals surface area contributed by atoms with Crippen LogP contribution in [0.15, 0.2) is 52.9 Å². The Labute approximate surface area is 131 Å². The standard InChI is InChI=1S/C17H13FN2O3/c1-11-3-2-4-13(9-11)16-20-19-15(23-16)10-22-17(21)12-5-7-14(18)8-6-12/h2-9H,10H2,1H3. The van der Waals surface area contributed by atoms with Crippen LogP contribution in [0, 0.1) is 12.7 Å². The number of aromatic nitrogens is 2. The lowest BCUT2D eigenvalue weighted by Gasteiger charge is -2.01. The Hall–Kier alpha value is -3.02. The van der Waals surface area contributed by atoms with Crippen molar-refractivity contribution in [1.29, 1.82) is 0 Å². The Kier molecular flexibility index (Phi) is 4.14. The zero-order valence-electron chi connectivity index (χ0n) is 12.3. The number of rotatable bonds is 4. The molecule has 0 amide bonds. The van der Waals surface area contributed by atoms with E-state index in [1.807, 2.05) is 31.2 Å². The highest BCUT2D eigenvalue weighted by atomic mass is 19.1. The number of hydrogen-bond acceptors (Lipinski definition) is 5. The van der Waals surface area contributed by atoms with Crippen LogP contribution in [0.2, 0.25) is 0 Å². The summed E-state index contributed by atoms with van der Waals surface area (Å²) in [7, 11) is 0. The summed E-state index contributed by atoms with van der Waals surface area (Å²) in [6.07, 6.45) is 0. The predicted octanol–water partition coefficient (Wildman–Crippen LogP) is 3.54. The van der Waals surface area contributed by atoms with Crippen molar-refractivity contribution in [2.24, 2.45) is 0 Å². The highest BCUT2D eigenvalue weighted by Crippen LogP contribution is 2.19. The summed E-state index contributed by atoms with van der Waals surface area (Å²) in [5.41, 5.74) is 2.13. The number of aryl methyl sites for hydroxylation is 1. The van der Waals surface area contributed by atoms with E-state index >= 15 is 0 Å². The molecule has 0 radical (unpaired) electrons. The van der Waals surface area contributed by atoms with Crippen LogP contribution < -0.4 is 0 Å². The van der Waals surface area contributed by atoms with Crippen LogP contribution in [0.1, 0.15) is 21.8 Å². The smallest absolute Gasteiger partial charge is 0.338 e. The van der Waals surface area contributed by atoms with Crippen LogP contribution in [0.3, 0.4) is 0 Å². The highest BCUT2D eigenvalue weighted by molar-refractivity contribution is 5.89. The number of ether oxygens (including phenoxy) is 1. The van der Waals surface area contributed by atoms with Gasteiger partial charge in [0, 0.05) is 5.56 Å². The monoisotopic (exact) mass is 312 g/mol. The Balaban J connectivity index is 1.65. The van der Waals surface area contributed by atoms with Crippen LogP contribution in [0.4, 0.5) is 4.39 Å². The van der Waals surface area contributed by atoms with Crippen molar-refractivity contribution in [2.45, 2.75) is 13.5 Å². The van der Waals surface area contributed by atoms with E-state index in [4.69, 9.17) is 9.15 Å². The molecule has 2 aromatic carbocycles. The van der Waals surface area contributed by atoms with E-state index in [2.05, 4.69) is 10.2 Å². The summed E-state index contributed by atoms with van der Waals surface area (Å²) >= 11 is 0. The van der Waals surface area contributed by atoms with Gasteiger partial charge in [-0.1, -0.05) is 17.7 Å². The second-order valence-corrected chi connectivity index (χ2v) is 4.95. The average molecular weight is 312 g/mol. The zero-order valence-corrected chi connectivity index (χ0v) is 12.3. The molecular formula is C17H13FN2O3. The third kappa shape index (κ3) is 3.60. The van der Waals surface area contributed by atoms with E-state index in [9.17, 15) is 9.18 Å². The molecule has 0 aliphatic carbocycles. The third-order valence-electron chi connectivity index (χ3n) is 3.14. The van der Waals surface area contributed by atoms with E-state index in [1.165, 1.54) is 24.3 Å². The summed E-state index contributed by atoms with van der Waals surface area (Å²) in [5.74, 6) is -0.444. The van der Waals surface area contributed by atoms with Crippen molar-refractivity contribution in [3.8, 4) is 11.5 Å². The predicted molar refractivity (Wildman–Crippen MR) is 80.0 cm³/mol. The van der Waals surface area contributed by atoms with E-state index in [0.29, 0.717) is 5.89 Å². The summed E-state index contributed by atoms with van der Waals surface area (Å²) in [4.78, 5) is 11.8. The Bertz CT molecular complexity index is 828. The molecule has 0 aliphatic heterocycles. The van der Waals surface area contributed by atoms with E-state index in [1.54, 1.807) is 0 Å². The van der Waals surface area contributed by atoms with E-state index in [0.717, 1.165) is 11.1 Å². The number of halogens is 1. The largest absolute Gasteiger partial charge is 0.452 e. The first-order chi connectivity index (χ1) is 11.1. The van der Waals surface area contributed by atoms with Crippen LogP contribution in [0.25, 0.3) is 11.5 Å². The minimum atomic E-state index is -0.583. The van der Waals surface area contributed by atoms with Gasteiger partial charge in [0.2, 0.25) is 5.89 Å². The second-order valence-electron chi connectivity index (χ2n) is 4.95. The fourth-order valence-corrected chi connectivity index (χ4v) is 2.00. The lowest BCUT2D eigenvalue weighted by atomic mass is 10.1. The van der Waals surface area contributed by atoms with Crippen LogP contribution in [-0.4, -0.2) is 16.2 Å². The molecule has 0 saturated heterocycles. The van der Waals surface area contributed by atoms with Gasteiger partial charge in [-0.05, 0) is 43.3 Å². The maximum Gasteiger partial charge on any atom is 0.338 e. The van der Waals surface area contributed by atoms with Crippen molar-refractivity contribution in [2.75, 3.05) is 0 Å². The number of carbonyl (C=O) groups excluding carboxylic acids is 1. The van der Waals surface area contributed by atoms with Gasteiger partial charge in [0.15, 0.2) is 6.61 Å². The molecule has 23 heavy (non-hydrogen) atoms. The molecule has 0 N–H and O–H groups in total. The van der Waals surface area contributed by atoms with Crippen molar-refractivity contribution in [1.82, 2.24) is 10.2 Å². The average Bonchev–Trinajstić information content (AvgIpc) is 3.02. The minimum Gasteiger partial charge on any atom is -0.452 e. The molecule has 0 bridgehead atoms. The summed E-state index contributed by atoms with van der Waals surface area (Å²) < 4.78 is 23.3. The fraction of sp³-hybridized carbons (Fsp3) is 0.118. The molecule has 116 valence electrons. The molecule has 0 saturated carbocycles. The maximum atomic E-state index is 12.8. The molecule has 1 aromatic heterocycles. The first-order valence-electron chi connectivity index (χ1n) is 6.94. The van der Waals surface area contributed by atoms with Gasteiger partial charge in [-0.25, -0.2) is 9.18 Å². The van der Waals surface area contributed by atoms with Crippen LogP contribution in [-0.2, 0) is 11.3 Å². The second kappa shape index (κ2) is 6.39. The fourth-order valence-electron chi connectivity index (χ4n) is 2.00. The zero-order chi connectivity index (χ0) is 16.2. The van der Waals surface area contributed by atoms with Crippen LogP contribution >= 0.6 is 0 Å². The number of hydrogen-bond donors (Lipinski definition) is 0. The van der Waals surface area contributed by atoms with Crippen LogP contribution in [0.5, 0.6) is 0 Å². The van der Waals surface area contributed by atoms with Gasteiger partial charge in [0.05, 0.1) is 5.56 Å². The summed E-state index contributed by atoms with van der Waals surface area (Å²) in [6.45, 7) is 1.82. The summed E-state index contributed by atoms with van der Waals surface area (Å²) in [5, 5.41) is 7.78. The van der Waals surface area contributed by atoms with Gasteiger partial charge < -0.3 is 9.15 Å². The number of carbonyl (C=O) groups is 1. The highest BCUT2D eigenvalue weighted by Gasteiger charge is 2.12. The molecule has 0 spiro atoms. The Morgan fingerprint density at radius 1 is 1.17 bits per heavy atom. The molecule has 6 heteroatoms. The molecule has 0 aliphatic rings. The number of nitrogens with zero attached hydrogens (tertiary/aromatic N) is 2. The summed E-state index contributed by atoms with van der Waals surface area (Å²) in [6, 6.07) is 12.7. The first kappa shape index (κ1) is 14.9.